The monoisotopic (exact) mass is 524 g/mol. The maximum atomic E-state index is 16.2. The molecule has 0 aliphatic carbocycles. The largest absolute Gasteiger partial charge is 0.461 e. The van der Waals surface area contributed by atoms with Gasteiger partial charge in [0.1, 0.15) is 23.6 Å². The molecule has 0 radical (unpaired) electrons. The van der Waals surface area contributed by atoms with Crippen molar-refractivity contribution in [2.24, 2.45) is 0 Å². The van der Waals surface area contributed by atoms with E-state index in [2.05, 4.69) is 25.1 Å². The molecular weight excluding hydrogens is 493 g/mol. The molecule has 6 heterocycles. The van der Waals surface area contributed by atoms with Gasteiger partial charge >= 0.3 is 6.01 Å². The van der Waals surface area contributed by atoms with Gasteiger partial charge in [-0.15, -0.1) is 0 Å². The van der Waals surface area contributed by atoms with Crippen LogP contribution in [-0.2, 0) is 0 Å². The summed E-state index contributed by atoms with van der Waals surface area (Å²) in [5.41, 5.74) is -0.288. The number of alkyl halides is 2. The summed E-state index contributed by atoms with van der Waals surface area (Å²) in [6.45, 7) is 4.10. The molecule has 1 aromatic carbocycles. The van der Waals surface area contributed by atoms with Crippen LogP contribution < -0.4 is 15.0 Å². The van der Waals surface area contributed by atoms with Gasteiger partial charge in [-0.1, -0.05) is 24.3 Å². The van der Waals surface area contributed by atoms with Gasteiger partial charge in [0, 0.05) is 42.5 Å². The lowest BCUT2D eigenvalue weighted by Crippen LogP contribution is -2.51. The van der Waals surface area contributed by atoms with Crippen LogP contribution in [-0.4, -0.2) is 70.3 Å². The van der Waals surface area contributed by atoms with Crippen molar-refractivity contribution >= 4 is 16.7 Å². The van der Waals surface area contributed by atoms with Crippen molar-refractivity contribution in [3.63, 3.8) is 0 Å². The average Bonchev–Trinajstić information content (AvgIpc) is 3.61. The molecular formula is C28H31F3N6O. The van der Waals surface area contributed by atoms with Gasteiger partial charge in [-0.25, -0.2) is 13.2 Å². The first kappa shape index (κ1) is 24.1. The van der Waals surface area contributed by atoms with Crippen LogP contribution in [0.1, 0.15) is 50.5 Å². The molecule has 2 aromatic heterocycles. The smallest absolute Gasteiger partial charge is 0.319 e. The molecule has 3 aromatic rings. The zero-order chi connectivity index (χ0) is 25.9. The van der Waals surface area contributed by atoms with E-state index in [0.717, 1.165) is 64.7 Å². The lowest BCUT2D eigenvalue weighted by molar-refractivity contribution is 0.108. The van der Waals surface area contributed by atoms with Crippen LogP contribution in [0.4, 0.5) is 19.0 Å². The molecule has 0 amide bonds. The second kappa shape index (κ2) is 9.34. The Balaban J connectivity index is 1.32. The number of hydrogen-bond donors (Lipinski definition) is 1. The van der Waals surface area contributed by atoms with Crippen LogP contribution in [0.25, 0.3) is 22.2 Å². The highest BCUT2D eigenvalue weighted by Gasteiger charge is 2.45. The van der Waals surface area contributed by atoms with Gasteiger partial charge in [0.2, 0.25) is 0 Å². The second-order valence-electron chi connectivity index (χ2n) is 11.2. The van der Waals surface area contributed by atoms with Gasteiger partial charge in [-0.2, -0.15) is 9.97 Å². The highest BCUT2D eigenvalue weighted by Crippen LogP contribution is 2.40. The number of hydrogen-bond acceptors (Lipinski definition) is 7. The molecule has 0 unspecified atom stereocenters. The van der Waals surface area contributed by atoms with Crippen molar-refractivity contribution in [2.75, 3.05) is 37.7 Å². The van der Waals surface area contributed by atoms with E-state index in [0.29, 0.717) is 29.9 Å². The third-order valence-corrected chi connectivity index (χ3v) is 8.89. The Morgan fingerprint density at radius 3 is 2.53 bits per heavy atom. The normalized spacial score (nSPS) is 24.5. The van der Waals surface area contributed by atoms with Crippen LogP contribution in [0.5, 0.6) is 6.01 Å². The van der Waals surface area contributed by atoms with E-state index in [-0.39, 0.29) is 33.9 Å². The minimum atomic E-state index is -2.75. The number of rotatable bonds is 6. The number of fused-ring (bicyclic) bond motifs is 4. The fraction of sp³-hybridized carbons (Fsp3) is 0.536. The Bertz CT molecular complexity index is 1350. The molecule has 0 spiro atoms. The molecule has 2 atom stereocenters. The van der Waals surface area contributed by atoms with E-state index in [1.807, 2.05) is 0 Å². The van der Waals surface area contributed by atoms with Gasteiger partial charge in [0.05, 0.1) is 10.9 Å². The topological polar surface area (TPSA) is 66.4 Å². The van der Waals surface area contributed by atoms with Crippen molar-refractivity contribution in [2.45, 2.75) is 62.6 Å². The first-order valence-corrected chi connectivity index (χ1v) is 13.6. The van der Waals surface area contributed by atoms with Gasteiger partial charge < -0.3 is 15.0 Å². The van der Waals surface area contributed by atoms with Crippen molar-refractivity contribution in [3.8, 4) is 17.3 Å². The Labute approximate surface area is 219 Å². The maximum absolute atomic E-state index is 16.2. The maximum Gasteiger partial charge on any atom is 0.319 e. The molecule has 38 heavy (non-hydrogen) atoms. The van der Waals surface area contributed by atoms with Crippen LogP contribution >= 0.6 is 0 Å². The summed E-state index contributed by atoms with van der Waals surface area (Å²) < 4.78 is 49.9. The highest BCUT2D eigenvalue weighted by molar-refractivity contribution is 5.92. The number of nitrogens with zero attached hydrogens (tertiary/aromatic N) is 5. The molecule has 4 aliphatic heterocycles. The van der Waals surface area contributed by atoms with E-state index in [1.54, 1.807) is 6.07 Å². The van der Waals surface area contributed by atoms with E-state index in [9.17, 15) is 8.78 Å². The zero-order valence-corrected chi connectivity index (χ0v) is 21.2. The van der Waals surface area contributed by atoms with Crippen LogP contribution in [0.15, 0.2) is 30.5 Å². The molecule has 10 heteroatoms. The Hall–Kier alpha value is -2.98. The third kappa shape index (κ3) is 4.00. The fourth-order valence-corrected chi connectivity index (χ4v) is 7.05. The summed E-state index contributed by atoms with van der Waals surface area (Å²) in [6, 6.07) is 6.73. The summed E-state index contributed by atoms with van der Waals surface area (Å²) >= 11 is 0. The van der Waals surface area contributed by atoms with E-state index in [1.165, 1.54) is 24.4 Å². The molecule has 4 saturated heterocycles. The lowest BCUT2D eigenvalue weighted by atomic mass is 9.95. The van der Waals surface area contributed by atoms with Gasteiger partial charge in [0.15, 0.2) is 5.82 Å². The summed E-state index contributed by atoms with van der Waals surface area (Å²) in [5.74, 6) is -0.139. The molecule has 7 nitrogen and oxygen atoms in total. The zero-order valence-electron chi connectivity index (χ0n) is 21.2. The SMILES string of the molecule is Fc1c(-c2ccccc2C(F)F)ncc2c(N3C[C@H]4CC[C@@H](C3)N4)nc(OCC34CCCN3CCC4)nc12. The second-order valence-corrected chi connectivity index (χ2v) is 11.2. The van der Waals surface area contributed by atoms with Crippen molar-refractivity contribution in [1.29, 1.82) is 0 Å². The first-order chi connectivity index (χ1) is 18.5. The van der Waals surface area contributed by atoms with Gasteiger partial charge in [-0.05, 0) is 51.6 Å². The number of pyridine rings is 1. The summed E-state index contributed by atoms with van der Waals surface area (Å²) in [5, 5.41) is 4.08. The molecule has 1 N–H and O–H groups in total. The molecule has 7 rings (SSSR count). The molecule has 2 bridgehead atoms. The molecule has 4 fully saturated rings. The first-order valence-electron chi connectivity index (χ1n) is 13.6. The predicted octanol–water partition coefficient (Wildman–Crippen LogP) is 4.72. The minimum Gasteiger partial charge on any atom is -0.461 e. The van der Waals surface area contributed by atoms with E-state index >= 15 is 4.39 Å². The van der Waals surface area contributed by atoms with Gasteiger partial charge in [0.25, 0.3) is 6.43 Å². The molecule has 0 saturated carbocycles. The van der Waals surface area contributed by atoms with Crippen molar-refractivity contribution in [1.82, 2.24) is 25.2 Å². The number of piperazine rings is 1. The lowest BCUT2D eigenvalue weighted by Gasteiger charge is -2.34. The minimum absolute atomic E-state index is 0.00914. The summed E-state index contributed by atoms with van der Waals surface area (Å²) in [4.78, 5) is 18.3. The molecule has 4 aliphatic rings. The highest BCUT2D eigenvalue weighted by atomic mass is 19.3. The average molecular weight is 525 g/mol. The number of benzene rings is 1. The Kier molecular flexibility index (Phi) is 5.92. The number of anilines is 1. The van der Waals surface area contributed by atoms with Crippen LogP contribution in [0.2, 0.25) is 0 Å². The quantitative estimate of drug-likeness (QED) is 0.501. The number of nitrogens with one attached hydrogen (secondary N) is 1. The molecule has 200 valence electrons. The van der Waals surface area contributed by atoms with Crippen molar-refractivity contribution in [3.05, 3.63) is 41.8 Å². The van der Waals surface area contributed by atoms with E-state index < -0.39 is 12.2 Å². The summed E-state index contributed by atoms with van der Waals surface area (Å²) in [6.07, 6.45) is 5.38. The van der Waals surface area contributed by atoms with Crippen LogP contribution in [0, 0.1) is 5.82 Å². The summed E-state index contributed by atoms with van der Waals surface area (Å²) in [7, 11) is 0. The predicted molar refractivity (Wildman–Crippen MR) is 138 cm³/mol. The Morgan fingerprint density at radius 1 is 1.05 bits per heavy atom. The van der Waals surface area contributed by atoms with Gasteiger partial charge in [-0.3, -0.25) is 9.88 Å². The Morgan fingerprint density at radius 2 is 1.79 bits per heavy atom. The number of halogens is 3. The standard InChI is InChI=1S/C28H31F3N6O/c29-22-23(19-5-1-2-6-20(19)25(30)31)32-13-21-24(22)34-27(38-16-28-9-3-11-37(28)12-4-10-28)35-26(21)36-14-17-7-8-18(15-36)33-17/h1-2,5-6,13,17-18,25,33H,3-4,7-12,14-16H2/t17-,18+. The van der Waals surface area contributed by atoms with E-state index in [4.69, 9.17) is 9.72 Å². The number of ether oxygens (including phenoxy) is 1. The fourth-order valence-electron chi connectivity index (χ4n) is 7.05. The number of aromatic nitrogens is 3. The van der Waals surface area contributed by atoms with Crippen molar-refractivity contribution < 1.29 is 17.9 Å². The third-order valence-electron chi connectivity index (χ3n) is 8.89. The van der Waals surface area contributed by atoms with Crippen LogP contribution in [0.3, 0.4) is 0 Å².